The van der Waals surface area contributed by atoms with Gasteiger partial charge in [0.15, 0.2) is 5.76 Å². The molecule has 5 aliphatic rings. The van der Waals surface area contributed by atoms with E-state index in [2.05, 4.69) is 43.3 Å². The molecule has 1 aliphatic heterocycles. The van der Waals surface area contributed by atoms with Crippen LogP contribution in [0.25, 0.3) is 0 Å². The lowest BCUT2D eigenvalue weighted by Gasteiger charge is -2.56. The van der Waals surface area contributed by atoms with E-state index in [-0.39, 0.29) is 17.8 Å². The minimum absolute atomic E-state index is 0.127. The fourth-order valence-electron chi connectivity index (χ4n) is 9.53. The van der Waals surface area contributed by atoms with Gasteiger partial charge in [0.2, 0.25) is 6.29 Å². The molecule has 1 N–H and O–H groups in total. The van der Waals surface area contributed by atoms with E-state index >= 15 is 0 Å². The van der Waals surface area contributed by atoms with Gasteiger partial charge >= 0.3 is 0 Å². The number of hydrogen-bond acceptors (Lipinski definition) is 5. The van der Waals surface area contributed by atoms with Gasteiger partial charge in [-0.2, -0.15) is 0 Å². The van der Waals surface area contributed by atoms with Crippen molar-refractivity contribution in [3.8, 4) is 0 Å². The predicted octanol–water partition coefficient (Wildman–Crippen LogP) is 6.62. The third-order valence-corrected chi connectivity index (χ3v) is 11.1. The molecule has 4 aliphatic carbocycles. The zero-order valence-electron chi connectivity index (χ0n) is 22.1. The van der Waals surface area contributed by atoms with Crippen molar-refractivity contribution in [2.24, 2.45) is 35.0 Å². The minimum atomic E-state index is -0.374. The molecule has 1 aromatic carbocycles. The lowest BCUT2D eigenvalue weighted by molar-refractivity contribution is -0.103. The number of rotatable bonds is 5. The summed E-state index contributed by atoms with van der Waals surface area (Å²) in [4.78, 5) is 0. The Kier molecular flexibility index (Phi) is 6.47. The molecular formula is C32H42O5. The Morgan fingerprint density at radius 1 is 0.946 bits per heavy atom. The molecule has 0 spiro atoms. The summed E-state index contributed by atoms with van der Waals surface area (Å²) in [5.74, 6) is 4.51. The summed E-state index contributed by atoms with van der Waals surface area (Å²) in [6, 6.07) is 12.7. The zero-order valence-corrected chi connectivity index (χ0v) is 22.1. The summed E-state index contributed by atoms with van der Waals surface area (Å²) in [7, 11) is 0. The summed E-state index contributed by atoms with van der Waals surface area (Å²) in [6.45, 7) is 4.43. The molecule has 1 aromatic heterocycles. The van der Waals surface area contributed by atoms with Crippen molar-refractivity contribution >= 4 is 0 Å². The first-order valence-corrected chi connectivity index (χ1v) is 14.8. The average Bonchev–Trinajstić information content (AvgIpc) is 3.67. The van der Waals surface area contributed by atoms with E-state index in [1.807, 2.05) is 6.26 Å². The van der Waals surface area contributed by atoms with Crippen molar-refractivity contribution in [3.05, 3.63) is 59.5 Å². The fourth-order valence-corrected chi connectivity index (χ4v) is 9.53. The van der Waals surface area contributed by atoms with E-state index in [0.29, 0.717) is 37.1 Å². The number of benzene rings is 1. The van der Waals surface area contributed by atoms with Gasteiger partial charge in [-0.1, -0.05) is 37.3 Å². The van der Waals surface area contributed by atoms with Gasteiger partial charge in [0, 0.05) is 0 Å². The van der Waals surface area contributed by atoms with Gasteiger partial charge in [0.1, 0.15) is 0 Å². The maximum absolute atomic E-state index is 11.5. The van der Waals surface area contributed by atoms with Crippen molar-refractivity contribution < 1.29 is 23.7 Å². The van der Waals surface area contributed by atoms with Crippen molar-refractivity contribution in [1.29, 1.82) is 0 Å². The van der Waals surface area contributed by atoms with Crippen LogP contribution < -0.4 is 0 Å². The van der Waals surface area contributed by atoms with Gasteiger partial charge in [-0.15, -0.1) is 0 Å². The zero-order chi connectivity index (χ0) is 25.0. The maximum atomic E-state index is 11.5. The molecule has 5 heteroatoms. The first-order valence-electron chi connectivity index (χ1n) is 14.8. The lowest BCUT2D eigenvalue weighted by atomic mass is 9.49. The Morgan fingerprint density at radius 2 is 1.76 bits per heavy atom. The highest BCUT2D eigenvalue weighted by Gasteiger charge is 2.60. The molecule has 0 amide bonds. The van der Waals surface area contributed by atoms with E-state index in [1.54, 1.807) is 0 Å². The molecule has 4 saturated carbocycles. The number of hydrogen-bond donors (Lipinski definition) is 1. The molecule has 1 saturated heterocycles. The van der Waals surface area contributed by atoms with Crippen LogP contribution in [0.5, 0.6) is 0 Å². The Hall–Kier alpha value is -1.66. The van der Waals surface area contributed by atoms with Crippen LogP contribution in [-0.2, 0) is 20.8 Å². The first-order chi connectivity index (χ1) is 18.1. The fraction of sp³-hybridized carbons (Fsp3) is 0.688. The Balaban J connectivity index is 1.03. The first kappa shape index (κ1) is 24.4. The number of furan rings is 1. The SMILES string of the molecule is C[C@]12CC[C@H]3[C@@H](CCC4CC(OCc5ccccc5)CC[C@@H]43)[C@@H]1[C@H](O)C[C@@H]2c1coc(C2OCCO2)c1. The van der Waals surface area contributed by atoms with Gasteiger partial charge in [0.25, 0.3) is 0 Å². The van der Waals surface area contributed by atoms with Crippen LogP contribution in [0.3, 0.4) is 0 Å². The van der Waals surface area contributed by atoms with Gasteiger partial charge in [-0.25, -0.2) is 0 Å². The summed E-state index contributed by atoms with van der Waals surface area (Å²) < 4.78 is 23.6. The standard InChI is InChI=1S/C32H42O5/c1-32-12-11-25-24-10-8-23(36-18-20-5-3-2-4-6-20)15-21(24)7-9-26(25)30(32)28(33)17-27(32)22-16-29(37-19-22)31-34-13-14-35-31/h2-6,16,19,21,23-28,30-31,33H,7-15,17-18H2,1H3/t21?,23?,24-,25+,26+,27+,28+,30+,32+/m0/s1. The lowest BCUT2D eigenvalue weighted by Crippen LogP contribution is -2.50. The van der Waals surface area contributed by atoms with Crippen LogP contribution in [0.2, 0.25) is 0 Å². The molecule has 7 rings (SSSR count). The van der Waals surface area contributed by atoms with Crippen LogP contribution >= 0.6 is 0 Å². The molecule has 2 aromatic rings. The average molecular weight is 507 g/mol. The van der Waals surface area contributed by atoms with E-state index in [1.165, 1.54) is 56.1 Å². The maximum Gasteiger partial charge on any atom is 0.217 e. The van der Waals surface area contributed by atoms with E-state index in [9.17, 15) is 5.11 Å². The van der Waals surface area contributed by atoms with Crippen molar-refractivity contribution in [2.45, 2.75) is 89.3 Å². The monoisotopic (exact) mass is 506 g/mol. The molecule has 2 heterocycles. The quantitative estimate of drug-likeness (QED) is 0.494. The summed E-state index contributed by atoms with van der Waals surface area (Å²) in [5, 5.41) is 11.5. The van der Waals surface area contributed by atoms with Crippen LogP contribution in [-0.4, -0.2) is 30.5 Å². The molecule has 9 atom stereocenters. The van der Waals surface area contributed by atoms with Gasteiger partial charge in [-0.05, 0) is 109 Å². The molecule has 0 radical (unpaired) electrons. The molecule has 5 nitrogen and oxygen atoms in total. The van der Waals surface area contributed by atoms with Gasteiger partial charge < -0.3 is 23.7 Å². The van der Waals surface area contributed by atoms with Gasteiger partial charge in [0.05, 0.1) is 38.3 Å². The van der Waals surface area contributed by atoms with E-state index in [0.717, 1.165) is 36.5 Å². The summed E-state index contributed by atoms with van der Waals surface area (Å²) >= 11 is 0. The van der Waals surface area contributed by atoms with Crippen LogP contribution in [0.15, 0.2) is 47.1 Å². The topological polar surface area (TPSA) is 61.1 Å². The Bertz CT molecular complexity index is 1060. The second-order valence-corrected chi connectivity index (χ2v) is 12.8. The van der Waals surface area contributed by atoms with Crippen LogP contribution in [0.4, 0.5) is 0 Å². The molecule has 0 bridgehead atoms. The second kappa shape index (κ2) is 9.82. The molecular weight excluding hydrogens is 464 g/mol. The minimum Gasteiger partial charge on any atom is -0.464 e. The third-order valence-electron chi connectivity index (χ3n) is 11.1. The molecule has 2 unspecified atom stereocenters. The van der Waals surface area contributed by atoms with Gasteiger partial charge in [-0.3, -0.25) is 0 Å². The largest absolute Gasteiger partial charge is 0.464 e. The highest BCUT2D eigenvalue weighted by atomic mass is 16.7. The number of aliphatic hydroxyl groups excluding tert-OH is 1. The molecule has 200 valence electrons. The third kappa shape index (κ3) is 4.30. The number of aliphatic hydroxyl groups is 1. The smallest absolute Gasteiger partial charge is 0.217 e. The summed E-state index contributed by atoms with van der Waals surface area (Å²) in [6.07, 6.45) is 11.3. The van der Waals surface area contributed by atoms with Crippen LogP contribution in [0, 0.1) is 35.0 Å². The molecule has 5 fully saturated rings. The second-order valence-electron chi connectivity index (χ2n) is 12.8. The highest BCUT2D eigenvalue weighted by Crippen LogP contribution is 2.66. The summed E-state index contributed by atoms with van der Waals surface area (Å²) in [5.41, 5.74) is 2.63. The van der Waals surface area contributed by atoms with Crippen molar-refractivity contribution in [2.75, 3.05) is 13.2 Å². The predicted molar refractivity (Wildman–Crippen MR) is 140 cm³/mol. The highest BCUT2D eigenvalue weighted by molar-refractivity contribution is 5.26. The van der Waals surface area contributed by atoms with E-state index in [4.69, 9.17) is 18.6 Å². The van der Waals surface area contributed by atoms with Crippen molar-refractivity contribution in [3.63, 3.8) is 0 Å². The van der Waals surface area contributed by atoms with Crippen LogP contribution in [0.1, 0.15) is 87.4 Å². The van der Waals surface area contributed by atoms with Crippen molar-refractivity contribution in [1.82, 2.24) is 0 Å². The Morgan fingerprint density at radius 3 is 2.59 bits per heavy atom. The normalized spacial score (nSPS) is 41.8. The number of fused-ring (bicyclic) bond motifs is 5. The Labute approximate surface area is 220 Å². The van der Waals surface area contributed by atoms with E-state index < -0.39 is 0 Å². The molecule has 37 heavy (non-hydrogen) atoms. The number of ether oxygens (including phenoxy) is 3.